The molecular weight excluding hydrogens is 252 g/mol. The van der Waals surface area contributed by atoms with E-state index < -0.39 is 0 Å². The first-order chi connectivity index (χ1) is 9.76. The van der Waals surface area contributed by atoms with E-state index in [1.807, 2.05) is 25.3 Å². The lowest BCUT2D eigenvalue weighted by Gasteiger charge is -2.07. The van der Waals surface area contributed by atoms with Crippen LogP contribution < -0.4 is 10.6 Å². The van der Waals surface area contributed by atoms with Gasteiger partial charge >= 0.3 is 0 Å². The fourth-order valence-corrected chi connectivity index (χ4v) is 2.61. The van der Waals surface area contributed by atoms with E-state index in [0.29, 0.717) is 6.42 Å². The van der Waals surface area contributed by atoms with Crippen LogP contribution >= 0.6 is 0 Å². The zero-order valence-corrected chi connectivity index (χ0v) is 11.5. The predicted octanol–water partition coefficient (Wildman–Crippen LogP) is 2.52. The predicted molar refractivity (Wildman–Crippen MR) is 81.3 cm³/mol. The quantitative estimate of drug-likeness (QED) is 0.435. The zero-order valence-electron chi connectivity index (χ0n) is 11.5. The van der Waals surface area contributed by atoms with Crippen molar-refractivity contribution in [2.45, 2.75) is 13.3 Å². The number of aromatic nitrogens is 2. The Hall–Kier alpha value is -2.56. The van der Waals surface area contributed by atoms with E-state index >= 15 is 0 Å². The van der Waals surface area contributed by atoms with Gasteiger partial charge in [-0.15, -0.1) is 0 Å². The van der Waals surface area contributed by atoms with Gasteiger partial charge < -0.3 is 15.6 Å². The van der Waals surface area contributed by atoms with Crippen molar-refractivity contribution in [1.82, 2.24) is 9.97 Å². The number of ether oxygens (including phenoxy) is 1. The van der Waals surface area contributed by atoms with Crippen LogP contribution in [0, 0.1) is 6.92 Å². The van der Waals surface area contributed by atoms with Crippen molar-refractivity contribution in [2.24, 2.45) is 10.9 Å². The van der Waals surface area contributed by atoms with E-state index in [4.69, 9.17) is 10.6 Å². The summed E-state index contributed by atoms with van der Waals surface area (Å²) < 4.78 is 5.44. The van der Waals surface area contributed by atoms with Gasteiger partial charge in [-0.1, -0.05) is 0 Å². The fourth-order valence-electron chi connectivity index (χ4n) is 2.61. The number of benzene rings is 1. The molecule has 0 aliphatic rings. The number of fused-ring (bicyclic) bond motifs is 3. The molecule has 0 radical (unpaired) electrons. The Morgan fingerprint density at radius 3 is 2.85 bits per heavy atom. The van der Waals surface area contributed by atoms with Crippen molar-refractivity contribution in [3.8, 4) is 5.75 Å². The third-order valence-corrected chi connectivity index (χ3v) is 3.57. The Morgan fingerprint density at radius 1 is 1.30 bits per heavy atom. The van der Waals surface area contributed by atoms with E-state index in [-0.39, 0.29) is 0 Å². The fraction of sp³-hybridized carbons (Fsp3) is 0.200. The molecule has 2 heterocycles. The minimum absolute atomic E-state index is 0.621. The molecule has 1 aromatic carbocycles. The van der Waals surface area contributed by atoms with Crippen molar-refractivity contribution in [1.29, 1.82) is 0 Å². The molecule has 3 aromatic rings. The monoisotopic (exact) mass is 268 g/mol. The second-order valence-corrected chi connectivity index (χ2v) is 4.65. The number of hydrazone groups is 1. The van der Waals surface area contributed by atoms with E-state index in [0.717, 1.165) is 33.4 Å². The van der Waals surface area contributed by atoms with Crippen molar-refractivity contribution < 1.29 is 4.74 Å². The lowest BCUT2D eigenvalue weighted by Crippen LogP contribution is -1.96. The molecule has 5 heteroatoms. The topological polar surface area (TPSA) is 76.3 Å². The third kappa shape index (κ3) is 1.79. The van der Waals surface area contributed by atoms with Crippen molar-refractivity contribution in [3.05, 3.63) is 35.7 Å². The van der Waals surface area contributed by atoms with Gasteiger partial charge in [0.2, 0.25) is 0 Å². The van der Waals surface area contributed by atoms with Gasteiger partial charge in [-0.3, -0.25) is 4.98 Å². The number of aromatic amines is 1. The molecule has 5 nitrogen and oxygen atoms in total. The summed E-state index contributed by atoms with van der Waals surface area (Å²) in [6.45, 7) is 2.00. The van der Waals surface area contributed by atoms with Crippen LogP contribution in [-0.4, -0.2) is 23.3 Å². The molecule has 0 spiro atoms. The lowest BCUT2D eigenvalue weighted by atomic mass is 10.1. The zero-order chi connectivity index (χ0) is 14.1. The molecule has 0 atom stereocenters. The summed E-state index contributed by atoms with van der Waals surface area (Å²) in [6, 6.07) is 6.06. The minimum Gasteiger partial charge on any atom is -0.496 e. The number of methoxy groups -OCH3 is 1. The number of nitrogens with one attached hydrogen (secondary N) is 1. The van der Waals surface area contributed by atoms with Crippen molar-refractivity contribution >= 4 is 28.0 Å². The molecule has 0 saturated carbocycles. The van der Waals surface area contributed by atoms with Crippen molar-refractivity contribution in [3.63, 3.8) is 0 Å². The Morgan fingerprint density at radius 2 is 2.10 bits per heavy atom. The first kappa shape index (κ1) is 12.5. The molecular formula is C15H16N4O. The van der Waals surface area contributed by atoms with Crippen LogP contribution in [0.4, 0.5) is 0 Å². The minimum atomic E-state index is 0.621. The summed E-state index contributed by atoms with van der Waals surface area (Å²) in [7, 11) is 1.67. The number of aryl methyl sites for hydroxylation is 1. The van der Waals surface area contributed by atoms with Gasteiger partial charge in [0.1, 0.15) is 5.75 Å². The summed E-state index contributed by atoms with van der Waals surface area (Å²) >= 11 is 0. The summed E-state index contributed by atoms with van der Waals surface area (Å²) in [5.41, 5.74) is 4.14. The standard InChI is InChI=1S/C15H16N4O/c1-9-14-11(5-7-17-9)10-3-4-13(20-2)12(6-8-18-16)15(10)19-14/h3-5,7-8,19H,6,16H2,1-2H3/b18-8-. The SMILES string of the molecule is COc1ccc2c([nH]c3c(C)nccc32)c1C/C=N\N. The molecule has 0 fully saturated rings. The Balaban J connectivity index is 2.38. The second kappa shape index (κ2) is 4.85. The maximum Gasteiger partial charge on any atom is 0.124 e. The Labute approximate surface area is 116 Å². The highest BCUT2D eigenvalue weighted by Crippen LogP contribution is 2.33. The maximum absolute atomic E-state index is 5.44. The number of rotatable bonds is 3. The smallest absolute Gasteiger partial charge is 0.124 e. The largest absolute Gasteiger partial charge is 0.496 e. The molecule has 0 aliphatic carbocycles. The van der Waals surface area contributed by atoms with Crippen LogP contribution in [0.1, 0.15) is 11.3 Å². The van der Waals surface area contributed by atoms with Gasteiger partial charge in [0.15, 0.2) is 0 Å². The lowest BCUT2D eigenvalue weighted by molar-refractivity contribution is 0.412. The maximum atomic E-state index is 5.44. The van der Waals surface area contributed by atoms with E-state index in [1.54, 1.807) is 13.3 Å². The number of pyridine rings is 1. The Bertz CT molecular complexity index is 804. The summed E-state index contributed by atoms with van der Waals surface area (Å²) in [4.78, 5) is 7.78. The van der Waals surface area contributed by atoms with Crippen LogP contribution in [0.25, 0.3) is 21.8 Å². The van der Waals surface area contributed by atoms with Crippen LogP contribution in [0.15, 0.2) is 29.5 Å². The molecule has 0 bridgehead atoms. The van der Waals surface area contributed by atoms with Crippen LogP contribution in [0.3, 0.4) is 0 Å². The molecule has 0 saturated heterocycles. The first-order valence-electron chi connectivity index (χ1n) is 6.41. The van der Waals surface area contributed by atoms with Gasteiger partial charge in [0.05, 0.1) is 23.8 Å². The van der Waals surface area contributed by atoms with E-state index in [1.165, 1.54) is 5.39 Å². The Kier molecular flexibility index (Phi) is 3.02. The van der Waals surface area contributed by atoms with E-state index in [9.17, 15) is 0 Å². The van der Waals surface area contributed by atoms with Crippen LogP contribution in [0.5, 0.6) is 5.75 Å². The molecule has 0 aliphatic heterocycles. The van der Waals surface area contributed by atoms with Crippen LogP contribution in [0.2, 0.25) is 0 Å². The molecule has 102 valence electrons. The molecule has 2 aromatic heterocycles. The number of hydrogen-bond donors (Lipinski definition) is 2. The second-order valence-electron chi connectivity index (χ2n) is 4.65. The van der Waals surface area contributed by atoms with E-state index in [2.05, 4.69) is 21.1 Å². The molecule has 3 N–H and O–H groups in total. The normalized spacial score (nSPS) is 11.7. The summed E-state index contributed by atoms with van der Waals surface area (Å²) in [5, 5.41) is 5.90. The number of hydrogen-bond acceptors (Lipinski definition) is 4. The van der Waals surface area contributed by atoms with Crippen LogP contribution in [-0.2, 0) is 6.42 Å². The molecule has 3 rings (SSSR count). The highest BCUT2D eigenvalue weighted by Gasteiger charge is 2.13. The number of nitrogens with zero attached hydrogens (tertiary/aromatic N) is 2. The molecule has 0 unspecified atom stereocenters. The average Bonchev–Trinajstić information content (AvgIpc) is 2.85. The van der Waals surface area contributed by atoms with Crippen molar-refractivity contribution in [2.75, 3.05) is 7.11 Å². The summed E-state index contributed by atoms with van der Waals surface area (Å²) in [6.07, 6.45) is 4.13. The highest BCUT2D eigenvalue weighted by atomic mass is 16.5. The molecule has 0 amide bonds. The van der Waals surface area contributed by atoms with Gasteiger partial charge in [0.25, 0.3) is 0 Å². The average molecular weight is 268 g/mol. The number of H-pyrrole nitrogens is 1. The third-order valence-electron chi connectivity index (χ3n) is 3.57. The highest BCUT2D eigenvalue weighted by molar-refractivity contribution is 6.09. The van der Waals surface area contributed by atoms with Gasteiger partial charge in [0, 0.05) is 35.2 Å². The number of nitrogens with two attached hydrogens (primary N) is 1. The molecule has 20 heavy (non-hydrogen) atoms. The summed E-state index contributed by atoms with van der Waals surface area (Å²) in [5.74, 6) is 6.05. The van der Waals surface area contributed by atoms with Gasteiger partial charge in [-0.2, -0.15) is 5.10 Å². The van der Waals surface area contributed by atoms with Gasteiger partial charge in [-0.25, -0.2) is 0 Å². The first-order valence-corrected chi connectivity index (χ1v) is 6.41. The van der Waals surface area contributed by atoms with Gasteiger partial charge in [-0.05, 0) is 25.1 Å².